The van der Waals surface area contributed by atoms with Gasteiger partial charge >= 0.3 is 12.1 Å². The highest BCUT2D eigenvalue weighted by Gasteiger charge is 2.30. The van der Waals surface area contributed by atoms with E-state index >= 15 is 0 Å². The van der Waals surface area contributed by atoms with E-state index in [1.165, 1.54) is 30.6 Å². The average molecular weight is 569 g/mol. The first kappa shape index (κ1) is 27.1. The number of hydrogen-bond donors (Lipinski definition) is 1. The van der Waals surface area contributed by atoms with Crippen LogP contribution in [0.1, 0.15) is 39.5 Å². The fourth-order valence-corrected chi connectivity index (χ4v) is 4.46. The smallest absolute Gasteiger partial charge is 0.416 e. The van der Waals surface area contributed by atoms with Crippen LogP contribution in [-0.4, -0.2) is 33.4 Å². The number of halogens is 4. The first-order valence-electron chi connectivity index (χ1n) is 12.1. The molecule has 1 aromatic heterocycles. The van der Waals surface area contributed by atoms with Gasteiger partial charge in [0.15, 0.2) is 5.78 Å². The van der Waals surface area contributed by atoms with Gasteiger partial charge in [0.1, 0.15) is 17.2 Å². The van der Waals surface area contributed by atoms with Crippen LogP contribution in [0.15, 0.2) is 73.1 Å². The number of fused-ring (bicyclic) bond motifs is 1. The topological polar surface area (TPSA) is 98.6 Å². The number of hydrogen-bond acceptors (Lipinski definition) is 6. The summed E-state index contributed by atoms with van der Waals surface area (Å²) in [4.78, 5) is 32.8. The molecule has 1 unspecified atom stereocenters. The molecule has 1 atom stereocenters. The molecule has 0 saturated heterocycles. The Labute approximate surface area is 231 Å². The van der Waals surface area contributed by atoms with Crippen molar-refractivity contribution < 1.29 is 37.3 Å². The lowest BCUT2D eigenvalue weighted by Crippen LogP contribution is -2.20. The molecule has 204 valence electrons. The zero-order chi connectivity index (χ0) is 28.4. The number of ketones is 1. The van der Waals surface area contributed by atoms with Crippen LogP contribution < -0.4 is 9.47 Å². The lowest BCUT2D eigenvalue weighted by atomic mass is 9.93. The average Bonchev–Trinajstić information content (AvgIpc) is 2.93. The summed E-state index contributed by atoms with van der Waals surface area (Å²) in [6.07, 6.45) is -1.28. The summed E-state index contributed by atoms with van der Waals surface area (Å²) in [7, 11) is 0. The minimum atomic E-state index is -4.42. The van der Waals surface area contributed by atoms with Gasteiger partial charge in [0.2, 0.25) is 0 Å². The number of benzene rings is 3. The second-order valence-corrected chi connectivity index (χ2v) is 9.45. The molecular formula is C29H20ClF3N2O5. The third-order valence-electron chi connectivity index (χ3n) is 6.36. The third-order valence-corrected chi connectivity index (χ3v) is 6.66. The van der Waals surface area contributed by atoms with Crippen LogP contribution in [0.4, 0.5) is 13.2 Å². The van der Waals surface area contributed by atoms with E-state index < -0.39 is 23.6 Å². The molecule has 0 saturated carbocycles. The zero-order valence-electron chi connectivity index (χ0n) is 20.6. The van der Waals surface area contributed by atoms with E-state index in [9.17, 15) is 27.9 Å². The van der Waals surface area contributed by atoms with E-state index in [1.807, 2.05) is 0 Å². The number of aromatic nitrogens is 2. The van der Waals surface area contributed by atoms with Gasteiger partial charge in [-0.25, -0.2) is 0 Å². The monoisotopic (exact) mass is 568 g/mol. The Morgan fingerprint density at radius 2 is 1.75 bits per heavy atom. The standard InChI is InChI=1S/C29H20ClF3N2O5/c30-23-12-22-21(28(37)38)9-10-39-26(22)13-27(23)40-20-7-3-17(4-8-20)25(36)11-19-14-35-24(15-34-19)16-1-5-18(6-2-16)29(31,32)33/h1-8,12-15,21H,9-11H2,(H,37,38). The van der Waals surface area contributed by atoms with Gasteiger partial charge in [-0.1, -0.05) is 23.7 Å². The van der Waals surface area contributed by atoms with Gasteiger partial charge in [0.25, 0.3) is 0 Å². The maximum absolute atomic E-state index is 12.8. The largest absolute Gasteiger partial charge is 0.493 e. The normalized spacial score (nSPS) is 14.7. The van der Waals surface area contributed by atoms with E-state index in [0.29, 0.717) is 46.0 Å². The lowest BCUT2D eigenvalue weighted by Gasteiger charge is -2.24. The molecule has 0 amide bonds. The maximum Gasteiger partial charge on any atom is 0.416 e. The van der Waals surface area contributed by atoms with Crippen LogP contribution in [0.5, 0.6) is 17.2 Å². The Morgan fingerprint density at radius 3 is 2.38 bits per heavy atom. The molecule has 40 heavy (non-hydrogen) atoms. The second kappa shape index (κ2) is 11.0. The van der Waals surface area contributed by atoms with Crippen LogP contribution in [0.3, 0.4) is 0 Å². The Morgan fingerprint density at radius 1 is 1.02 bits per heavy atom. The van der Waals surface area contributed by atoms with Crippen molar-refractivity contribution >= 4 is 23.4 Å². The summed E-state index contributed by atoms with van der Waals surface area (Å²) in [5.41, 5.74) is 1.41. The van der Waals surface area contributed by atoms with Crippen molar-refractivity contribution in [1.29, 1.82) is 0 Å². The first-order valence-corrected chi connectivity index (χ1v) is 12.4. The number of aliphatic carboxylic acids is 1. The SMILES string of the molecule is O=C(Cc1cnc(-c2ccc(C(F)(F)F)cc2)cn1)c1ccc(Oc2cc3c(cc2Cl)C(C(=O)O)CCO3)cc1. The third kappa shape index (κ3) is 5.91. The van der Waals surface area contributed by atoms with E-state index in [2.05, 4.69) is 9.97 Å². The number of carbonyl (C=O) groups is 2. The Kier molecular flexibility index (Phi) is 7.44. The van der Waals surface area contributed by atoms with Crippen LogP contribution in [-0.2, 0) is 17.4 Å². The zero-order valence-corrected chi connectivity index (χ0v) is 21.4. The molecule has 0 fully saturated rings. The van der Waals surface area contributed by atoms with Gasteiger partial charge in [-0.05, 0) is 48.9 Å². The number of Topliss-reactive ketones (excluding diaryl/α,β-unsaturated/α-hetero) is 1. The number of nitrogens with zero attached hydrogens (tertiary/aromatic N) is 2. The minimum Gasteiger partial charge on any atom is -0.493 e. The molecule has 0 spiro atoms. The highest BCUT2D eigenvalue weighted by Crippen LogP contribution is 2.42. The highest BCUT2D eigenvalue weighted by atomic mass is 35.5. The van der Waals surface area contributed by atoms with Crippen LogP contribution >= 0.6 is 11.6 Å². The van der Waals surface area contributed by atoms with Crippen molar-refractivity contribution in [1.82, 2.24) is 9.97 Å². The van der Waals surface area contributed by atoms with Gasteiger partial charge in [-0.3, -0.25) is 19.6 Å². The molecule has 0 radical (unpaired) electrons. The summed E-state index contributed by atoms with van der Waals surface area (Å²) in [6.45, 7) is 0.268. The quantitative estimate of drug-likeness (QED) is 0.240. The van der Waals surface area contributed by atoms with E-state index in [1.54, 1.807) is 30.3 Å². The number of rotatable bonds is 7. The lowest BCUT2D eigenvalue weighted by molar-refractivity contribution is -0.139. The predicted octanol–water partition coefficient (Wildman–Crippen LogP) is 6.98. The molecule has 0 aliphatic carbocycles. The number of carboxylic acid groups (broad SMARTS) is 1. The molecule has 1 aliphatic heterocycles. The van der Waals surface area contributed by atoms with Gasteiger partial charge in [0, 0.05) is 29.0 Å². The molecule has 7 nitrogen and oxygen atoms in total. The predicted molar refractivity (Wildman–Crippen MR) is 139 cm³/mol. The highest BCUT2D eigenvalue weighted by molar-refractivity contribution is 6.32. The van der Waals surface area contributed by atoms with Crippen LogP contribution in [0.25, 0.3) is 11.3 Å². The molecule has 2 heterocycles. The first-order chi connectivity index (χ1) is 19.1. The van der Waals surface area contributed by atoms with Crippen molar-refractivity contribution in [3.8, 4) is 28.5 Å². The van der Waals surface area contributed by atoms with Gasteiger partial charge in [-0.15, -0.1) is 0 Å². The van der Waals surface area contributed by atoms with Crippen molar-refractivity contribution in [2.45, 2.75) is 24.9 Å². The Hall–Kier alpha value is -4.44. The van der Waals surface area contributed by atoms with E-state index in [4.69, 9.17) is 21.1 Å². The second-order valence-electron chi connectivity index (χ2n) is 9.04. The van der Waals surface area contributed by atoms with Crippen LogP contribution in [0, 0.1) is 0 Å². The molecule has 11 heteroatoms. The fraction of sp³-hybridized carbons (Fsp3) is 0.172. The van der Waals surface area contributed by atoms with E-state index in [0.717, 1.165) is 12.1 Å². The molecule has 4 aromatic rings. The van der Waals surface area contributed by atoms with Crippen molar-refractivity contribution in [3.05, 3.63) is 100 Å². The van der Waals surface area contributed by atoms with Gasteiger partial charge in [0.05, 0.1) is 47.1 Å². The van der Waals surface area contributed by atoms with Gasteiger partial charge < -0.3 is 14.6 Å². The number of carboxylic acids is 1. The van der Waals surface area contributed by atoms with E-state index in [-0.39, 0.29) is 29.6 Å². The summed E-state index contributed by atoms with van der Waals surface area (Å²) in [5.74, 6) is -0.779. The van der Waals surface area contributed by atoms with Gasteiger partial charge in [-0.2, -0.15) is 13.2 Å². The number of alkyl halides is 3. The molecule has 1 aliphatic rings. The molecular weight excluding hydrogens is 549 g/mol. The number of ether oxygens (including phenoxy) is 2. The summed E-state index contributed by atoms with van der Waals surface area (Å²) in [5, 5.41) is 9.67. The summed E-state index contributed by atoms with van der Waals surface area (Å²) < 4.78 is 49.8. The Balaban J connectivity index is 1.23. The minimum absolute atomic E-state index is 0.0285. The Bertz CT molecular complexity index is 1560. The molecule has 3 aromatic carbocycles. The summed E-state index contributed by atoms with van der Waals surface area (Å²) >= 11 is 6.34. The molecule has 1 N–H and O–H groups in total. The maximum atomic E-state index is 12.8. The van der Waals surface area contributed by atoms with Crippen LogP contribution in [0.2, 0.25) is 5.02 Å². The summed E-state index contributed by atoms with van der Waals surface area (Å²) in [6, 6.07) is 14.1. The van der Waals surface area contributed by atoms with Crippen molar-refractivity contribution in [2.24, 2.45) is 0 Å². The molecule has 0 bridgehead atoms. The number of carbonyl (C=O) groups excluding carboxylic acids is 1. The molecule has 5 rings (SSSR count). The fourth-order valence-electron chi connectivity index (χ4n) is 4.25. The van der Waals surface area contributed by atoms with Crippen molar-refractivity contribution in [3.63, 3.8) is 0 Å². The van der Waals surface area contributed by atoms with Crippen molar-refractivity contribution in [2.75, 3.05) is 6.61 Å².